The molecule has 0 spiro atoms. The molecule has 0 fully saturated rings. The minimum atomic E-state index is 0.0863. The van der Waals surface area contributed by atoms with E-state index in [9.17, 15) is 5.11 Å². The quantitative estimate of drug-likeness (QED) is 0.803. The summed E-state index contributed by atoms with van der Waals surface area (Å²) in [6, 6.07) is 1.73. The predicted molar refractivity (Wildman–Crippen MR) is 60.7 cm³/mol. The third kappa shape index (κ3) is 1.73. The van der Waals surface area contributed by atoms with Gasteiger partial charge in [-0.05, 0) is 24.5 Å². The van der Waals surface area contributed by atoms with Crippen molar-refractivity contribution in [3.63, 3.8) is 0 Å². The third-order valence-corrected chi connectivity index (χ3v) is 3.05. The van der Waals surface area contributed by atoms with E-state index >= 15 is 0 Å². The summed E-state index contributed by atoms with van der Waals surface area (Å²) >= 11 is 0. The van der Waals surface area contributed by atoms with E-state index in [0.717, 1.165) is 42.0 Å². The number of aromatic nitrogens is 2. The summed E-state index contributed by atoms with van der Waals surface area (Å²) in [7, 11) is 0. The monoisotopic (exact) mass is 230 g/mol. The summed E-state index contributed by atoms with van der Waals surface area (Å²) in [6.45, 7) is 3.53. The van der Waals surface area contributed by atoms with E-state index in [1.807, 2.05) is 6.92 Å². The number of pyridine rings is 1. The van der Waals surface area contributed by atoms with Crippen LogP contribution < -0.4 is 4.90 Å². The van der Waals surface area contributed by atoms with E-state index in [0.29, 0.717) is 0 Å². The van der Waals surface area contributed by atoms with Crippen LogP contribution in [-0.4, -0.2) is 21.8 Å². The molecule has 1 aliphatic heterocycles. The van der Waals surface area contributed by atoms with Gasteiger partial charge in [-0.25, -0.2) is 4.98 Å². The highest BCUT2D eigenvalue weighted by atomic mass is 16.5. The minimum absolute atomic E-state index is 0.0863. The standard InChI is InChI=1S/C12H12N3O2/c1-8-7-17-14-12(8)15-3-2-9-4-11(16)13-5-10(9)6-15/h4-5H,2-3,6H2,1H3,(H,13,16). The molecule has 3 heterocycles. The van der Waals surface area contributed by atoms with Gasteiger partial charge in [-0.15, -0.1) is 0 Å². The minimum Gasteiger partial charge on any atom is -0.493 e. The predicted octanol–water partition coefficient (Wildman–Crippen LogP) is 1.45. The topological polar surface area (TPSA) is 62.4 Å². The van der Waals surface area contributed by atoms with Gasteiger partial charge in [0.25, 0.3) is 0 Å². The largest absolute Gasteiger partial charge is 0.493 e. The fraction of sp³-hybridized carbons (Fsp3) is 0.333. The zero-order chi connectivity index (χ0) is 11.8. The number of nitrogens with zero attached hydrogens (tertiary/aromatic N) is 3. The van der Waals surface area contributed by atoms with E-state index in [1.54, 1.807) is 12.3 Å². The highest BCUT2D eigenvalue weighted by molar-refractivity contribution is 5.47. The lowest BCUT2D eigenvalue weighted by molar-refractivity contribution is 0.410. The van der Waals surface area contributed by atoms with Crippen molar-refractivity contribution in [3.8, 4) is 5.88 Å². The van der Waals surface area contributed by atoms with Crippen molar-refractivity contribution >= 4 is 5.82 Å². The molecule has 0 aromatic carbocycles. The first-order chi connectivity index (χ1) is 8.24. The van der Waals surface area contributed by atoms with E-state index in [1.165, 1.54) is 0 Å². The first kappa shape index (κ1) is 10.1. The molecule has 87 valence electrons. The van der Waals surface area contributed by atoms with Gasteiger partial charge in [-0.1, -0.05) is 5.16 Å². The Bertz CT molecular complexity index is 550. The summed E-state index contributed by atoms with van der Waals surface area (Å²) < 4.78 is 4.83. The number of hydrogen-bond donors (Lipinski definition) is 1. The van der Waals surface area contributed by atoms with Crippen LogP contribution in [0.4, 0.5) is 5.82 Å². The van der Waals surface area contributed by atoms with Crippen molar-refractivity contribution in [1.29, 1.82) is 0 Å². The Balaban J connectivity index is 1.91. The highest BCUT2D eigenvalue weighted by Crippen LogP contribution is 2.26. The maximum absolute atomic E-state index is 9.33. The molecule has 5 heteroatoms. The first-order valence-electron chi connectivity index (χ1n) is 5.49. The van der Waals surface area contributed by atoms with Gasteiger partial charge in [0, 0.05) is 30.9 Å². The van der Waals surface area contributed by atoms with Gasteiger partial charge >= 0.3 is 0 Å². The van der Waals surface area contributed by atoms with Crippen LogP contribution in [-0.2, 0) is 13.0 Å². The van der Waals surface area contributed by atoms with Crippen LogP contribution in [0.2, 0.25) is 0 Å². The molecule has 1 aliphatic rings. The smallest absolute Gasteiger partial charge is 0.210 e. The second kappa shape index (κ2) is 3.76. The molecule has 0 atom stereocenters. The zero-order valence-electron chi connectivity index (χ0n) is 9.47. The van der Waals surface area contributed by atoms with E-state index < -0.39 is 0 Å². The molecule has 3 rings (SSSR count). The zero-order valence-corrected chi connectivity index (χ0v) is 9.47. The Morgan fingerprint density at radius 2 is 2.35 bits per heavy atom. The van der Waals surface area contributed by atoms with Crippen molar-refractivity contribution in [2.75, 3.05) is 11.4 Å². The SMILES string of the molecule is Cc1[c]onc1N1CCc2cc(O)ncc2C1. The van der Waals surface area contributed by atoms with Gasteiger partial charge in [-0.2, -0.15) is 0 Å². The maximum atomic E-state index is 9.33. The van der Waals surface area contributed by atoms with Crippen LogP contribution in [0, 0.1) is 13.2 Å². The van der Waals surface area contributed by atoms with E-state index in [-0.39, 0.29) is 5.88 Å². The number of aryl methyl sites for hydroxylation is 1. The van der Waals surface area contributed by atoms with Gasteiger partial charge in [-0.3, -0.25) is 0 Å². The highest BCUT2D eigenvalue weighted by Gasteiger charge is 2.20. The fourth-order valence-electron chi connectivity index (χ4n) is 2.15. The average molecular weight is 230 g/mol. The maximum Gasteiger partial charge on any atom is 0.210 e. The summed E-state index contributed by atoms with van der Waals surface area (Å²) in [5.74, 6) is 0.923. The van der Waals surface area contributed by atoms with Crippen LogP contribution in [0.3, 0.4) is 0 Å². The molecule has 5 nitrogen and oxygen atoms in total. The first-order valence-corrected chi connectivity index (χ1v) is 5.49. The van der Waals surface area contributed by atoms with Crippen LogP contribution in [0.25, 0.3) is 0 Å². The van der Waals surface area contributed by atoms with Crippen LogP contribution in [0.5, 0.6) is 5.88 Å². The average Bonchev–Trinajstić information content (AvgIpc) is 2.75. The Labute approximate surface area is 98.7 Å². The van der Waals surface area contributed by atoms with Gasteiger partial charge in [0.15, 0.2) is 5.82 Å². The lowest BCUT2D eigenvalue weighted by atomic mass is 10.0. The number of anilines is 1. The van der Waals surface area contributed by atoms with E-state index in [2.05, 4.69) is 21.3 Å². The number of rotatable bonds is 1. The normalized spacial score (nSPS) is 14.8. The molecule has 0 aliphatic carbocycles. The summed E-state index contributed by atoms with van der Waals surface area (Å²) in [5, 5.41) is 13.3. The van der Waals surface area contributed by atoms with Gasteiger partial charge in [0.05, 0.1) is 0 Å². The molecule has 0 unspecified atom stereocenters. The lowest BCUT2D eigenvalue weighted by Gasteiger charge is -2.28. The molecular weight excluding hydrogens is 218 g/mol. The molecule has 2 aromatic heterocycles. The number of fused-ring (bicyclic) bond motifs is 1. The molecule has 2 aromatic rings. The van der Waals surface area contributed by atoms with Gasteiger partial charge in [0.2, 0.25) is 12.1 Å². The van der Waals surface area contributed by atoms with Crippen LogP contribution >= 0.6 is 0 Å². The summed E-state index contributed by atoms with van der Waals surface area (Å²) in [6.07, 6.45) is 5.31. The molecule has 1 radical (unpaired) electrons. The van der Waals surface area contributed by atoms with Gasteiger partial charge in [0.1, 0.15) is 0 Å². The van der Waals surface area contributed by atoms with Crippen LogP contribution in [0.1, 0.15) is 16.7 Å². The second-order valence-corrected chi connectivity index (χ2v) is 4.22. The molecule has 0 amide bonds. The van der Waals surface area contributed by atoms with E-state index in [4.69, 9.17) is 4.52 Å². The van der Waals surface area contributed by atoms with Crippen molar-refractivity contribution in [2.45, 2.75) is 19.9 Å². The Kier molecular flexibility index (Phi) is 2.24. The lowest BCUT2D eigenvalue weighted by Crippen LogP contribution is -2.31. The molecule has 1 N–H and O–H groups in total. The number of hydrogen-bond acceptors (Lipinski definition) is 5. The number of aromatic hydroxyl groups is 1. The second-order valence-electron chi connectivity index (χ2n) is 4.22. The van der Waals surface area contributed by atoms with Gasteiger partial charge < -0.3 is 14.5 Å². The third-order valence-electron chi connectivity index (χ3n) is 3.05. The Hall–Kier alpha value is -2.04. The molecular formula is C12H12N3O2. The molecule has 17 heavy (non-hydrogen) atoms. The molecule has 0 saturated heterocycles. The van der Waals surface area contributed by atoms with Crippen LogP contribution in [0.15, 0.2) is 16.8 Å². The van der Waals surface area contributed by atoms with Crippen molar-refractivity contribution < 1.29 is 9.63 Å². The van der Waals surface area contributed by atoms with Crippen molar-refractivity contribution in [3.05, 3.63) is 35.2 Å². The molecule has 0 bridgehead atoms. The Morgan fingerprint density at radius 1 is 1.47 bits per heavy atom. The Morgan fingerprint density at radius 3 is 3.12 bits per heavy atom. The van der Waals surface area contributed by atoms with Crippen molar-refractivity contribution in [1.82, 2.24) is 10.1 Å². The fourth-order valence-corrected chi connectivity index (χ4v) is 2.15. The summed E-state index contributed by atoms with van der Waals surface area (Å²) in [4.78, 5) is 6.04. The summed E-state index contributed by atoms with van der Waals surface area (Å²) in [5.41, 5.74) is 3.19. The molecule has 0 saturated carbocycles. The van der Waals surface area contributed by atoms with Crippen molar-refractivity contribution in [2.24, 2.45) is 0 Å².